The van der Waals surface area contributed by atoms with Gasteiger partial charge in [-0.1, -0.05) is 6.07 Å². The van der Waals surface area contributed by atoms with Crippen molar-refractivity contribution in [3.05, 3.63) is 38.3 Å². The summed E-state index contributed by atoms with van der Waals surface area (Å²) >= 11 is 3.14. The Bertz CT molecular complexity index is 468. The average Bonchev–Trinajstić information content (AvgIpc) is 2.26. The van der Waals surface area contributed by atoms with Gasteiger partial charge in [0.1, 0.15) is 0 Å². The Kier molecular flexibility index (Phi) is 5.90. The van der Waals surface area contributed by atoms with Crippen LogP contribution in [-0.4, -0.2) is 27.2 Å². The van der Waals surface area contributed by atoms with Crippen LogP contribution in [0.25, 0.3) is 0 Å². The SMILES string of the molecule is CC(CS(C)=O)NCc1ccc(Br)c([N+](=O)[O-])c1. The standard InChI is InChI=1S/C11H15BrN2O3S/c1-8(7-18(2)17)13-6-9-3-4-10(12)11(5-9)14(15)16/h3-5,8,13H,6-7H2,1-2H3. The molecule has 0 aromatic heterocycles. The maximum Gasteiger partial charge on any atom is 0.283 e. The van der Waals surface area contributed by atoms with Gasteiger partial charge in [0.25, 0.3) is 5.69 Å². The summed E-state index contributed by atoms with van der Waals surface area (Å²) < 4.78 is 11.5. The van der Waals surface area contributed by atoms with Gasteiger partial charge in [0.15, 0.2) is 0 Å². The van der Waals surface area contributed by atoms with Crippen molar-refractivity contribution in [2.45, 2.75) is 19.5 Å². The fourth-order valence-corrected chi connectivity index (χ4v) is 2.72. The Morgan fingerprint density at radius 3 is 2.78 bits per heavy atom. The summed E-state index contributed by atoms with van der Waals surface area (Å²) in [6.07, 6.45) is 1.66. The summed E-state index contributed by atoms with van der Waals surface area (Å²) in [5.74, 6) is 0.568. The van der Waals surface area contributed by atoms with E-state index in [1.165, 1.54) is 6.07 Å². The van der Waals surface area contributed by atoms with Crippen LogP contribution in [-0.2, 0) is 17.3 Å². The zero-order valence-corrected chi connectivity index (χ0v) is 12.6. The third-order valence-electron chi connectivity index (χ3n) is 2.35. The van der Waals surface area contributed by atoms with E-state index in [1.807, 2.05) is 13.0 Å². The molecule has 0 aliphatic rings. The molecule has 0 amide bonds. The first-order chi connectivity index (χ1) is 8.40. The summed E-state index contributed by atoms with van der Waals surface area (Å²) in [6.45, 7) is 2.46. The molecular weight excluding hydrogens is 320 g/mol. The third kappa shape index (κ3) is 4.83. The lowest BCUT2D eigenvalue weighted by Gasteiger charge is -2.12. The fourth-order valence-electron chi connectivity index (χ4n) is 1.51. The molecule has 18 heavy (non-hydrogen) atoms. The van der Waals surface area contributed by atoms with Gasteiger partial charge in [-0.3, -0.25) is 14.3 Å². The molecule has 1 rings (SSSR count). The second kappa shape index (κ2) is 6.96. The minimum Gasteiger partial charge on any atom is -0.309 e. The largest absolute Gasteiger partial charge is 0.309 e. The van der Waals surface area contributed by atoms with Gasteiger partial charge in [0.05, 0.1) is 9.40 Å². The predicted molar refractivity (Wildman–Crippen MR) is 76.0 cm³/mol. The molecule has 5 nitrogen and oxygen atoms in total. The smallest absolute Gasteiger partial charge is 0.283 e. The molecule has 0 aliphatic carbocycles. The van der Waals surface area contributed by atoms with Crippen molar-refractivity contribution < 1.29 is 9.13 Å². The number of nitrogens with one attached hydrogen (secondary N) is 1. The lowest BCUT2D eigenvalue weighted by molar-refractivity contribution is -0.385. The predicted octanol–water partition coefficient (Wildman–Crippen LogP) is 2.21. The third-order valence-corrected chi connectivity index (χ3v) is 3.99. The maximum absolute atomic E-state index is 11.0. The van der Waals surface area contributed by atoms with Gasteiger partial charge in [-0.15, -0.1) is 0 Å². The molecule has 0 radical (unpaired) electrons. The Balaban J connectivity index is 2.66. The highest BCUT2D eigenvalue weighted by atomic mass is 79.9. The van der Waals surface area contributed by atoms with Crippen LogP contribution in [0.3, 0.4) is 0 Å². The summed E-state index contributed by atoms with van der Waals surface area (Å²) in [4.78, 5) is 10.4. The van der Waals surface area contributed by atoms with Crippen molar-refractivity contribution in [1.82, 2.24) is 5.32 Å². The van der Waals surface area contributed by atoms with Gasteiger partial charge in [-0.05, 0) is 34.5 Å². The molecule has 1 N–H and O–H groups in total. The molecule has 0 aliphatic heterocycles. The quantitative estimate of drug-likeness (QED) is 0.639. The second-order valence-corrected chi connectivity index (χ2v) is 6.40. The van der Waals surface area contributed by atoms with Crippen LogP contribution in [0.4, 0.5) is 5.69 Å². The highest BCUT2D eigenvalue weighted by Gasteiger charge is 2.12. The number of rotatable bonds is 6. The number of hydrogen-bond acceptors (Lipinski definition) is 4. The van der Waals surface area contributed by atoms with Crippen LogP contribution < -0.4 is 5.32 Å². The summed E-state index contributed by atoms with van der Waals surface area (Å²) in [7, 11) is -0.847. The number of hydrogen-bond donors (Lipinski definition) is 1. The Morgan fingerprint density at radius 1 is 1.56 bits per heavy atom. The van der Waals surface area contributed by atoms with Crippen molar-refractivity contribution in [3.8, 4) is 0 Å². The average molecular weight is 335 g/mol. The Morgan fingerprint density at radius 2 is 2.22 bits per heavy atom. The van der Waals surface area contributed by atoms with Crippen molar-refractivity contribution in [3.63, 3.8) is 0 Å². The fraction of sp³-hybridized carbons (Fsp3) is 0.455. The molecule has 100 valence electrons. The van der Waals surface area contributed by atoms with Crippen LogP contribution >= 0.6 is 15.9 Å². The van der Waals surface area contributed by atoms with Gasteiger partial charge in [-0.25, -0.2) is 0 Å². The normalized spacial score (nSPS) is 14.2. The van der Waals surface area contributed by atoms with Crippen molar-refractivity contribution in [2.24, 2.45) is 0 Å². The van der Waals surface area contributed by atoms with E-state index in [0.29, 0.717) is 16.8 Å². The minimum absolute atomic E-state index is 0.0565. The Hall–Kier alpha value is -0.790. The number of nitrogens with zero attached hydrogens (tertiary/aromatic N) is 1. The van der Waals surface area contributed by atoms with Gasteiger partial charge < -0.3 is 5.32 Å². The van der Waals surface area contributed by atoms with Crippen LogP contribution in [0.2, 0.25) is 0 Å². The van der Waals surface area contributed by atoms with Gasteiger partial charge in [0.2, 0.25) is 0 Å². The lowest BCUT2D eigenvalue weighted by atomic mass is 10.2. The van der Waals surface area contributed by atoms with Gasteiger partial charge in [-0.2, -0.15) is 0 Å². The van der Waals surface area contributed by atoms with E-state index >= 15 is 0 Å². The topological polar surface area (TPSA) is 72.2 Å². The molecule has 0 fully saturated rings. The number of nitro benzene ring substituents is 1. The van der Waals surface area contributed by atoms with Crippen molar-refractivity contribution >= 4 is 32.4 Å². The van der Waals surface area contributed by atoms with E-state index in [0.717, 1.165) is 5.56 Å². The monoisotopic (exact) mass is 334 g/mol. The molecule has 0 saturated carbocycles. The van der Waals surface area contributed by atoms with E-state index < -0.39 is 15.7 Å². The number of benzene rings is 1. The van der Waals surface area contributed by atoms with E-state index in [2.05, 4.69) is 21.2 Å². The van der Waals surface area contributed by atoms with Crippen LogP contribution in [0.5, 0.6) is 0 Å². The number of nitro groups is 1. The summed E-state index contributed by atoms with van der Waals surface area (Å²) in [6, 6.07) is 5.13. The molecule has 1 aromatic rings. The second-order valence-electron chi connectivity index (χ2n) is 4.06. The van der Waals surface area contributed by atoms with Crippen molar-refractivity contribution in [1.29, 1.82) is 0 Å². The molecule has 7 heteroatoms. The first kappa shape index (κ1) is 15.3. The molecule has 0 spiro atoms. The zero-order chi connectivity index (χ0) is 13.7. The van der Waals surface area contributed by atoms with Crippen LogP contribution in [0.15, 0.2) is 22.7 Å². The molecule has 1 aromatic carbocycles. The van der Waals surface area contributed by atoms with E-state index in [9.17, 15) is 14.3 Å². The molecule has 2 unspecified atom stereocenters. The van der Waals surface area contributed by atoms with E-state index in [4.69, 9.17) is 0 Å². The maximum atomic E-state index is 11.0. The first-order valence-electron chi connectivity index (χ1n) is 5.36. The minimum atomic E-state index is -0.847. The lowest BCUT2D eigenvalue weighted by Crippen LogP contribution is -2.30. The molecule has 2 atom stereocenters. The molecule has 0 bridgehead atoms. The summed E-state index contributed by atoms with van der Waals surface area (Å²) in [5, 5.41) is 14.0. The van der Waals surface area contributed by atoms with E-state index in [1.54, 1.807) is 12.3 Å². The van der Waals surface area contributed by atoms with Gasteiger partial charge >= 0.3 is 0 Å². The van der Waals surface area contributed by atoms with Crippen LogP contribution in [0, 0.1) is 10.1 Å². The zero-order valence-electron chi connectivity index (χ0n) is 10.2. The van der Waals surface area contributed by atoms with Crippen molar-refractivity contribution in [2.75, 3.05) is 12.0 Å². The summed E-state index contributed by atoms with van der Waals surface area (Å²) in [5.41, 5.74) is 0.889. The van der Waals surface area contributed by atoms with Gasteiger partial charge in [0, 0.05) is 41.5 Å². The molecule has 0 saturated heterocycles. The highest BCUT2D eigenvalue weighted by Crippen LogP contribution is 2.25. The first-order valence-corrected chi connectivity index (χ1v) is 7.88. The highest BCUT2D eigenvalue weighted by molar-refractivity contribution is 9.10. The molecule has 0 heterocycles. The Labute approximate surface area is 117 Å². The molecular formula is C11H15BrN2O3S. The van der Waals surface area contributed by atoms with E-state index in [-0.39, 0.29) is 11.7 Å². The van der Waals surface area contributed by atoms with Crippen LogP contribution in [0.1, 0.15) is 12.5 Å². The number of halogens is 1.